The van der Waals surface area contributed by atoms with E-state index in [1.165, 1.54) is 0 Å². The number of aromatic nitrogens is 3. The Morgan fingerprint density at radius 1 is 1.35 bits per heavy atom. The standard InChI is InChI=1S/C11H13BrN4O/c1-16-11(14-10(12)15-16)13-7-8-3-5-9(17-2)6-4-8/h3-6H,7H2,1-2H3,(H,13,14,15). The van der Waals surface area contributed by atoms with Gasteiger partial charge in [0.25, 0.3) is 0 Å². The molecule has 0 spiro atoms. The Bertz CT molecular complexity index is 495. The summed E-state index contributed by atoms with van der Waals surface area (Å²) >= 11 is 3.23. The Kier molecular flexibility index (Phi) is 3.63. The molecule has 0 atom stereocenters. The van der Waals surface area contributed by atoms with Crippen LogP contribution in [0.1, 0.15) is 5.56 Å². The lowest BCUT2D eigenvalue weighted by atomic mass is 10.2. The summed E-state index contributed by atoms with van der Waals surface area (Å²) in [5.74, 6) is 1.59. The van der Waals surface area contributed by atoms with Gasteiger partial charge in [0, 0.05) is 13.6 Å². The van der Waals surface area contributed by atoms with Gasteiger partial charge < -0.3 is 10.1 Å². The number of hydrogen-bond acceptors (Lipinski definition) is 4. The quantitative estimate of drug-likeness (QED) is 0.940. The van der Waals surface area contributed by atoms with Gasteiger partial charge >= 0.3 is 0 Å². The molecule has 0 amide bonds. The van der Waals surface area contributed by atoms with E-state index in [9.17, 15) is 0 Å². The van der Waals surface area contributed by atoms with Gasteiger partial charge in [-0.25, -0.2) is 4.68 Å². The molecule has 0 aliphatic heterocycles. The molecule has 0 bridgehead atoms. The number of nitrogens with zero attached hydrogens (tertiary/aromatic N) is 3. The molecule has 0 fully saturated rings. The number of nitrogens with one attached hydrogen (secondary N) is 1. The molecule has 0 aliphatic carbocycles. The molecule has 0 radical (unpaired) electrons. The zero-order valence-electron chi connectivity index (χ0n) is 9.64. The first-order chi connectivity index (χ1) is 8.19. The average molecular weight is 297 g/mol. The van der Waals surface area contributed by atoms with E-state index in [1.54, 1.807) is 11.8 Å². The number of halogens is 1. The van der Waals surface area contributed by atoms with Crippen LogP contribution in [-0.2, 0) is 13.6 Å². The maximum Gasteiger partial charge on any atom is 0.222 e. The van der Waals surface area contributed by atoms with Crippen molar-refractivity contribution in [2.45, 2.75) is 6.54 Å². The third kappa shape index (κ3) is 2.97. The fourth-order valence-electron chi connectivity index (χ4n) is 1.43. The highest BCUT2D eigenvalue weighted by Crippen LogP contribution is 2.13. The molecule has 1 heterocycles. The third-order valence-corrected chi connectivity index (χ3v) is 2.68. The summed E-state index contributed by atoms with van der Waals surface area (Å²) in [7, 11) is 3.50. The Labute approximate surface area is 108 Å². The summed E-state index contributed by atoms with van der Waals surface area (Å²) in [5.41, 5.74) is 1.16. The lowest BCUT2D eigenvalue weighted by Crippen LogP contribution is -2.05. The van der Waals surface area contributed by atoms with Gasteiger partial charge in [-0.1, -0.05) is 12.1 Å². The van der Waals surface area contributed by atoms with Gasteiger partial charge in [-0.3, -0.25) is 0 Å². The predicted molar refractivity (Wildman–Crippen MR) is 69.0 cm³/mol. The van der Waals surface area contributed by atoms with Crippen molar-refractivity contribution in [1.29, 1.82) is 0 Å². The molecule has 5 nitrogen and oxygen atoms in total. The van der Waals surface area contributed by atoms with E-state index in [2.05, 4.69) is 31.3 Å². The van der Waals surface area contributed by atoms with Gasteiger partial charge in [0.05, 0.1) is 7.11 Å². The zero-order chi connectivity index (χ0) is 12.3. The van der Waals surface area contributed by atoms with Crippen molar-refractivity contribution in [3.05, 3.63) is 34.6 Å². The Hall–Kier alpha value is -1.56. The van der Waals surface area contributed by atoms with Crippen LogP contribution in [0.4, 0.5) is 5.95 Å². The van der Waals surface area contributed by atoms with E-state index in [4.69, 9.17) is 4.74 Å². The number of benzene rings is 1. The van der Waals surface area contributed by atoms with E-state index < -0.39 is 0 Å². The highest BCUT2D eigenvalue weighted by atomic mass is 79.9. The first kappa shape index (κ1) is 11.9. The molecule has 2 rings (SSSR count). The van der Waals surface area contributed by atoms with Gasteiger partial charge in [-0.05, 0) is 33.6 Å². The molecule has 2 aromatic rings. The minimum absolute atomic E-state index is 0.581. The summed E-state index contributed by atoms with van der Waals surface area (Å²) in [6.07, 6.45) is 0. The van der Waals surface area contributed by atoms with Gasteiger partial charge in [0.15, 0.2) is 0 Å². The Morgan fingerprint density at radius 3 is 2.59 bits per heavy atom. The molecule has 0 saturated carbocycles. The minimum Gasteiger partial charge on any atom is -0.497 e. The topological polar surface area (TPSA) is 52.0 Å². The number of rotatable bonds is 4. The Balaban J connectivity index is 1.99. The van der Waals surface area contributed by atoms with Crippen LogP contribution < -0.4 is 10.1 Å². The van der Waals surface area contributed by atoms with Crippen molar-refractivity contribution in [2.75, 3.05) is 12.4 Å². The zero-order valence-corrected chi connectivity index (χ0v) is 11.2. The molecule has 17 heavy (non-hydrogen) atoms. The molecule has 1 aromatic carbocycles. The molecule has 0 saturated heterocycles. The second-order valence-electron chi connectivity index (χ2n) is 3.53. The highest BCUT2D eigenvalue weighted by Gasteiger charge is 2.03. The molecular formula is C11H13BrN4O. The lowest BCUT2D eigenvalue weighted by molar-refractivity contribution is 0.414. The van der Waals surface area contributed by atoms with Crippen LogP contribution in [0, 0.1) is 0 Å². The number of anilines is 1. The normalized spacial score (nSPS) is 10.3. The fourth-order valence-corrected chi connectivity index (χ4v) is 1.84. The first-order valence-corrected chi connectivity index (χ1v) is 5.91. The summed E-state index contributed by atoms with van der Waals surface area (Å²) < 4.78 is 7.37. The minimum atomic E-state index is 0.581. The van der Waals surface area contributed by atoms with Crippen molar-refractivity contribution >= 4 is 21.9 Å². The van der Waals surface area contributed by atoms with Crippen molar-refractivity contribution in [1.82, 2.24) is 14.8 Å². The number of methoxy groups -OCH3 is 1. The molecular weight excluding hydrogens is 284 g/mol. The lowest BCUT2D eigenvalue weighted by Gasteiger charge is -2.05. The van der Waals surface area contributed by atoms with Crippen LogP contribution >= 0.6 is 15.9 Å². The second kappa shape index (κ2) is 5.18. The molecule has 1 N–H and O–H groups in total. The van der Waals surface area contributed by atoms with Crippen LogP contribution in [0.25, 0.3) is 0 Å². The summed E-state index contributed by atoms with van der Waals surface area (Å²) in [5, 5.41) is 7.30. The largest absolute Gasteiger partial charge is 0.497 e. The number of hydrogen-bond donors (Lipinski definition) is 1. The average Bonchev–Trinajstić information content (AvgIpc) is 2.66. The van der Waals surface area contributed by atoms with Crippen molar-refractivity contribution in [2.24, 2.45) is 7.05 Å². The highest BCUT2D eigenvalue weighted by molar-refractivity contribution is 9.10. The SMILES string of the molecule is COc1ccc(CNc2nc(Br)nn2C)cc1. The summed E-state index contributed by atoms with van der Waals surface area (Å²) in [6.45, 7) is 0.697. The van der Waals surface area contributed by atoms with Gasteiger partial charge in [0.2, 0.25) is 10.7 Å². The van der Waals surface area contributed by atoms with Gasteiger partial charge in [-0.2, -0.15) is 4.98 Å². The van der Waals surface area contributed by atoms with Gasteiger partial charge in [0.1, 0.15) is 5.75 Å². The maximum absolute atomic E-state index is 5.10. The van der Waals surface area contributed by atoms with Crippen LogP contribution in [0.2, 0.25) is 0 Å². The second-order valence-corrected chi connectivity index (χ2v) is 4.24. The summed E-state index contributed by atoms with van der Waals surface area (Å²) in [4.78, 5) is 4.19. The van der Waals surface area contributed by atoms with E-state index >= 15 is 0 Å². The number of aryl methyl sites for hydroxylation is 1. The van der Waals surface area contributed by atoms with Crippen molar-refractivity contribution in [3.63, 3.8) is 0 Å². The number of ether oxygens (including phenoxy) is 1. The van der Waals surface area contributed by atoms with E-state index in [0.29, 0.717) is 11.3 Å². The van der Waals surface area contributed by atoms with E-state index in [1.807, 2.05) is 31.3 Å². The molecule has 0 aliphatic rings. The molecule has 90 valence electrons. The first-order valence-electron chi connectivity index (χ1n) is 5.12. The van der Waals surface area contributed by atoms with E-state index in [0.717, 1.165) is 17.3 Å². The Morgan fingerprint density at radius 2 is 2.06 bits per heavy atom. The maximum atomic E-state index is 5.10. The fraction of sp³-hybridized carbons (Fsp3) is 0.273. The summed E-state index contributed by atoms with van der Waals surface area (Å²) in [6, 6.07) is 7.89. The van der Waals surface area contributed by atoms with E-state index in [-0.39, 0.29) is 0 Å². The van der Waals surface area contributed by atoms with Crippen LogP contribution in [0.3, 0.4) is 0 Å². The van der Waals surface area contributed by atoms with Crippen LogP contribution in [0.5, 0.6) is 5.75 Å². The van der Waals surface area contributed by atoms with Crippen LogP contribution in [-0.4, -0.2) is 21.9 Å². The molecule has 1 aromatic heterocycles. The molecule has 0 unspecified atom stereocenters. The smallest absolute Gasteiger partial charge is 0.222 e. The van der Waals surface area contributed by atoms with Crippen molar-refractivity contribution < 1.29 is 4.74 Å². The molecule has 6 heteroatoms. The van der Waals surface area contributed by atoms with Crippen molar-refractivity contribution in [3.8, 4) is 5.75 Å². The van der Waals surface area contributed by atoms with Crippen LogP contribution in [0.15, 0.2) is 29.0 Å². The third-order valence-electron chi connectivity index (χ3n) is 2.35. The monoisotopic (exact) mass is 296 g/mol. The predicted octanol–water partition coefficient (Wildman–Crippen LogP) is 2.20. The van der Waals surface area contributed by atoms with Gasteiger partial charge in [-0.15, -0.1) is 5.10 Å².